The van der Waals surface area contributed by atoms with E-state index in [1.54, 1.807) is 18.2 Å². The Morgan fingerprint density at radius 2 is 1.93 bits per heavy atom. The molecule has 0 spiro atoms. The van der Waals surface area contributed by atoms with Crippen LogP contribution in [0.3, 0.4) is 0 Å². The lowest BCUT2D eigenvalue weighted by molar-refractivity contribution is -0.135. The number of hydrogen-bond donors (Lipinski definition) is 0. The normalized spacial score (nSPS) is 13.3. The molecule has 7 heteroatoms. The van der Waals surface area contributed by atoms with Crippen LogP contribution in [-0.2, 0) is 16.1 Å². The second kappa shape index (κ2) is 7.95. The number of fused-ring (bicyclic) bond motifs is 1. The summed E-state index contributed by atoms with van der Waals surface area (Å²) in [6.07, 6.45) is 3.58. The van der Waals surface area contributed by atoms with Gasteiger partial charge in [0, 0.05) is 24.5 Å². The van der Waals surface area contributed by atoms with Gasteiger partial charge in [-0.1, -0.05) is 18.2 Å². The summed E-state index contributed by atoms with van der Waals surface area (Å²) in [5, 5.41) is 0. The van der Waals surface area contributed by atoms with Gasteiger partial charge in [0.05, 0.1) is 7.11 Å². The number of rotatable bonds is 7. The molecule has 1 fully saturated rings. The maximum Gasteiger partial charge on any atom is 0.359 e. The topological polar surface area (TPSA) is 73.1 Å². The third-order valence-corrected chi connectivity index (χ3v) is 5.05. The molecular formula is C22H23N3O4. The van der Waals surface area contributed by atoms with Crippen molar-refractivity contribution in [3.05, 3.63) is 65.6 Å². The predicted octanol–water partition coefficient (Wildman–Crippen LogP) is 3.00. The number of esters is 1. The van der Waals surface area contributed by atoms with Gasteiger partial charge in [-0.05, 0) is 49.6 Å². The number of benzene rings is 1. The first-order valence-electron chi connectivity index (χ1n) is 9.59. The number of nitrogens with zero attached hydrogens (tertiary/aromatic N) is 3. The first-order chi connectivity index (χ1) is 14.0. The minimum Gasteiger partial charge on any atom is -0.497 e. The first-order valence-corrected chi connectivity index (χ1v) is 9.59. The lowest BCUT2D eigenvalue weighted by Gasteiger charge is -2.22. The van der Waals surface area contributed by atoms with Gasteiger partial charge >= 0.3 is 5.97 Å². The zero-order chi connectivity index (χ0) is 20.4. The largest absolute Gasteiger partial charge is 0.497 e. The number of imidazole rings is 1. The highest BCUT2D eigenvalue weighted by atomic mass is 16.5. The fourth-order valence-electron chi connectivity index (χ4n) is 3.27. The Balaban J connectivity index is 1.39. The summed E-state index contributed by atoms with van der Waals surface area (Å²) in [7, 11) is 1.62. The van der Waals surface area contributed by atoms with Crippen molar-refractivity contribution in [3.63, 3.8) is 0 Å². The summed E-state index contributed by atoms with van der Waals surface area (Å²) in [5.41, 5.74) is 2.83. The molecule has 4 rings (SSSR count). The third-order valence-electron chi connectivity index (χ3n) is 5.05. The molecular weight excluding hydrogens is 370 g/mol. The van der Waals surface area contributed by atoms with Gasteiger partial charge in [-0.15, -0.1) is 0 Å². The van der Waals surface area contributed by atoms with E-state index in [2.05, 4.69) is 4.98 Å². The monoisotopic (exact) mass is 393 g/mol. The fraction of sp³-hybridized carbons (Fsp3) is 0.318. The highest BCUT2D eigenvalue weighted by Gasteiger charge is 2.33. The van der Waals surface area contributed by atoms with Gasteiger partial charge in [-0.25, -0.2) is 9.78 Å². The number of carbonyl (C=O) groups is 2. The number of methoxy groups -OCH3 is 1. The van der Waals surface area contributed by atoms with Crippen molar-refractivity contribution in [2.45, 2.75) is 32.4 Å². The van der Waals surface area contributed by atoms with E-state index in [-0.39, 0.29) is 24.2 Å². The number of hydrogen-bond acceptors (Lipinski definition) is 5. The van der Waals surface area contributed by atoms with E-state index in [1.807, 2.05) is 53.8 Å². The van der Waals surface area contributed by atoms with Crippen LogP contribution in [0.5, 0.6) is 5.75 Å². The lowest BCUT2D eigenvalue weighted by atomic mass is 10.2. The van der Waals surface area contributed by atoms with Crippen molar-refractivity contribution >= 4 is 17.5 Å². The predicted molar refractivity (Wildman–Crippen MR) is 107 cm³/mol. The van der Waals surface area contributed by atoms with Gasteiger partial charge in [-0.3, -0.25) is 4.79 Å². The summed E-state index contributed by atoms with van der Waals surface area (Å²) in [5.74, 6) is -0.0204. The molecule has 0 radical (unpaired) electrons. The lowest BCUT2D eigenvalue weighted by Crippen LogP contribution is -2.36. The molecule has 150 valence electrons. The Morgan fingerprint density at radius 1 is 1.17 bits per heavy atom. The highest BCUT2D eigenvalue weighted by molar-refractivity contribution is 5.90. The summed E-state index contributed by atoms with van der Waals surface area (Å²) in [6, 6.07) is 13.5. The van der Waals surface area contributed by atoms with Gasteiger partial charge in [0.15, 0.2) is 12.3 Å². The van der Waals surface area contributed by atoms with Crippen LogP contribution >= 0.6 is 0 Å². The van der Waals surface area contributed by atoms with Crippen LogP contribution < -0.4 is 4.74 Å². The Hall–Kier alpha value is -3.35. The molecule has 3 aromatic rings. The van der Waals surface area contributed by atoms with E-state index < -0.39 is 5.97 Å². The van der Waals surface area contributed by atoms with Crippen molar-refractivity contribution in [1.82, 2.24) is 14.3 Å². The SMILES string of the molecule is COc1ccc(CN(C(=O)COC(=O)c2cn3c(C)cccc3n2)C2CC2)cc1. The van der Waals surface area contributed by atoms with E-state index >= 15 is 0 Å². The molecule has 0 unspecified atom stereocenters. The molecule has 0 bridgehead atoms. The molecule has 7 nitrogen and oxygen atoms in total. The molecule has 0 atom stereocenters. The number of amides is 1. The molecule has 1 amide bonds. The smallest absolute Gasteiger partial charge is 0.359 e. The Labute approximate surface area is 168 Å². The van der Waals surface area contributed by atoms with Crippen molar-refractivity contribution in [3.8, 4) is 5.75 Å². The van der Waals surface area contributed by atoms with E-state index in [9.17, 15) is 9.59 Å². The van der Waals surface area contributed by atoms with Gasteiger partial charge in [0.2, 0.25) is 0 Å². The summed E-state index contributed by atoms with van der Waals surface area (Å²) >= 11 is 0. The van der Waals surface area contributed by atoms with Crippen LogP contribution in [0.2, 0.25) is 0 Å². The average molecular weight is 393 g/mol. The number of carbonyl (C=O) groups excluding carboxylic acids is 2. The average Bonchev–Trinajstić information content (AvgIpc) is 3.48. The van der Waals surface area contributed by atoms with Gasteiger partial charge in [-0.2, -0.15) is 0 Å². The summed E-state index contributed by atoms with van der Waals surface area (Å²) in [4.78, 5) is 31.2. The molecule has 1 aliphatic rings. The molecule has 2 aromatic heterocycles. The minimum atomic E-state index is -0.596. The molecule has 0 aliphatic heterocycles. The van der Waals surface area contributed by atoms with E-state index in [0.29, 0.717) is 12.2 Å². The van der Waals surface area contributed by atoms with E-state index in [0.717, 1.165) is 29.8 Å². The van der Waals surface area contributed by atoms with Crippen molar-refractivity contribution < 1.29 is 19.1 Å². The standard InChI is InChI=1S/C22H23N3O4/c1-15-4-3-5-20-23-19(13-24(15)20)22(27)29-14-21(26)25(17-8-9-17)12-16-6-10-18(28-2)11-7-16/h3-7,10-11,13,17H,8-9,12,14H2,1-2H3. The van der Waals surface area contributed by atoms with Crippen LogP contribution in [0.1, 0.15) is 34.6 Å². The maximum absolute atomic E-state index is 12.7. The molecule has 1 aromatic carbocycles. The Kier molecular flexibility index (Phi) is 5.20. The maximum atomic E-state index is 12.7. The molecule has 29 heavy (non-hydrogen) atoms. The van der Waals surface area contributed by atoms with Gasteiger partial charge in [0.1, 0.15) is 11.4 Å². The second-order valence-corrected chi connectivity index (χ2v) is 7.20. The van der Waals surface area contributed by atoms with Gasteiger partial charge < -0.3 is 18.8 Å². The van der Waals surface area contributed by atoms with Crippen LogP contribution in [0.4, 0.5) is 0 Å². The fourth-order valence-corrected chi connectivity index (χ4v) is 3.27. The quantitative estimate of drug-likeness (QED) is 0.577. The molecule has 2 heterocycles. The van der Waals surface area contributed by atoms with Crippen LogP contribution in [0.15, 0.2) is 48.7 Å². The molecule has 1 saturated carbocycles. The van der Waals surface area contributed by atoms with Crippen LogP contribution in [0, 0.1) is 6.92 Å². The first kappa shape index (κ1) is 19.0. The Bertz CT molecular complexity index is 1040. The number of aryl methyl sites for hydroxylation is 1. The summed E-state index contributed by atoms with van der Waals surface area (Å²) in [6.45, 7) is 2.12. The zero-order valence-electron chi connectivity index (χ0n) is 16.5. The summed E-state index contributed by atoms with van der Waals surface area (Å²) < 4.78 is 12.3. The molecule has 0 N–H and O–H groups in total. The second-order valence-electron chi connectivity index (χ2n) is 7.20. The van der Waals surface area contributed by atoms with Crippen molar-refractivity contribution in [1.29, 1.82) is 0 Å². The van der Waals surface area contributed by atoms with Crippen molar-refractivity contribution in [2.75, 3.05) is 13.7 Å². The Morgan fingerprint density at radius 3 is 2.59 bits per heavy atom. The van der Waals surface area contributed by atoms with Gasteiger partial charge in [0.25, 0.3) is 5.91 Å². The molecule has 1 aliphatic carbocycles. The number of aromatic nitrogens is 2. The van der Waals surface area contributed by atoms with Crippen LogP contribution in [0.25, 0.3) is 5.65 Å². The molecule has 0 saturated heterocycles. The van der Waals surface area contributed by atoms with Crippen molar-refractivity contribution in [2.24, 2.45) is 0 Å². The number of ether oxygens (including phenoxy) is 2. The highest BCUT2D eigenvalue weighted by Crippen LogP contribution is 2.29. The van der Waals surface area contributed by atoms with Crippen LogP contribution in [-0.4, -0.2) is 45.9 Å². The third kappa shape index (κ3) is 4.23. The van der Waals surface area contributed by atoms with E-state index in [1.165, 1.54) is 0 Å². The van der Waals surface area contributed by atoms with E-state index in [4.69, 9.17) is 9.47 Å². The number of pyridine rings is 1. The minimum absolute atomic E-state index is 0.195. The zero-order valence-corrected chi connectivity index (χ0v) is 16.5.